The molecular formula is C6H16N3+. The van der Waals surface area contributed by atoms with Crippen LogP contribution in [0.15, 0.2) is 0 Å². The Hall–Kier alpha value is -0.120. The van der Waals surface area contributed by atoms with Crippen LogP contribution in [0.25, 0.3) is 0 Å². The number of hydrogen-bond donors (Lipinski definition) is 1. The van der Waals surface area contributed by atoms with Crippen LogP contribution in [0.1, 0.15) is 0 Å². The molecule has 1 rings (SSSR count). The summed E-state index contributed by atoms with van der Waals surface area (Å²) < 4.78 is 1.12. The molecule has 0 amide bonds. The maximum absolute atomic E-state index is 5.58. The number of quaternary nitrogens is 1. The zero-order valence-electron chi connectivity index (χ0n) is 6.30. The molecule has 1 fully saturated rings. The summed E-state index contributed by atoms with van der Waals surface area (Å²) in [7, 11) is 4.49. The van der Waals surface area contributed by atoms with E-state index in [1.807, 2.05) is 5.01 Å². The number of nitrogens with zero attached hydrogens (tertiary/aromatic N) is 2. The van der Waals surface area contributed by atoms with Gasteiger partial charge in [-0.2, -0.15) is 0 Å². The lowest BCUT2D eigenvalue weighted by Crippen LogP contribution is -2.56. The summed E-state index contributed by atoms with van der Waals surface area (Å²) in [6.07, 6.45) is 0. The molecule has 0 saturated carbocycles. The van der Waals surface area contributed by atoms with Gasteiger partial charge in [0, 0.05) is 0 Å². The molecule has 9 heavy (non-hydrogen) atoms. The second-order valence-corrected chi connectivity index (χ2v) is 3.42. The lowest BCUT2D eigenvalue weighted by atomic mass is 10.3. The molecule has 3 heteroatoms. The Bertz CT molecular complexity index is 90.5. The molecule has 0 aromatic heterocycles. The largest absolute Gasteiger partial charge is 0.326 e. The van der Waals surface area contributed by atoms with Gasteiger partial charge in [-0.3, -0.25) is 5.84 Å². The van der Waals surface area contributed by atoms with Crippen molar-refractivity contribution in [2.45, 2.75) is 0 Å². The highest BCUT2D eigenvalue weighted by atomic mass is 15.5. The summed E-state index contributed by atoms with van der Waals surface area (Å²) in [6.45, 7) is 4.42. The molecule has 1 saturated heterocycles. The van der Waals surface area contributed by atoms with Gasteiger partial charge in [-0.1, -0.05) is 0 Å². The first-order valence-electron chi connectivity index (χ1n) is 3.42. The van der Waals surface area contributed by atoms with Crippen LogP contribution in [-0.2, 0) is 0 Å². The number of likely N-dealkylation sites (N-methyl/N-ethyl adjacent to an activating group) is 1. The SMILES string of the molecule is C[N+]1(C)CCN(N)CC1. The van der Waals surface area contributed by atoms with Crippen molar-refractivity contribution in [3.05, 3.63) is 0 Å². The van der Waals surface area contributed by atoms with Crippen LogP contribution in [0.4, 0.5) is 0 Å². The number of hydrazine groups is 1. The second kappa shape index (κ2) is 2.25. The predicted molar refractivity (Wildman–Crippen MR) is 37.6 cm³/mol. The van der Waals surface area contributed by atoms with E-state index in [1.165, 1.54) is 13.1 Å². The third-order valence-corrected chi connectivity index (χ3v) is 1.99. The maximum Gasteiger partial charge on any atom is 0.0926 e. The third kappa shape index (κ3) is 1.93. The molecule has 0 bridgehead atoms. The molecule has 0 unspecified atom stereocenters. The molecule has 0 aromatic carbocycles. The quantitative estimate of drug-likeness (QED) is 0.345. The fraction of sp³-hybridized carbons (Fsp3) is 1.00. The van der Waals surface area contributed by atoms with E-state index >= 15 is 0 Å². The monoisotopic (exact) mass is 130 g/mol. The highest BCUT2D eigenvalue weighted by Gasteiger charge is 2.21. The minimum atomic E-state index is 1.03. The minimum absolute atomic E-state index is 1.03. The molecule has 1 aliphatic heterocycles. The first-order valence-corrected chi connectivity index (χ1v) is 3.42. The first kappa shape index (κ1) is 6.99. The van der Waals surface area contributed by atoms with Crippen LogP contribution >= 0.6 is 0 Å². The van der Waals surface area contributed by atoms with Crippen molar-refractivity contribution in [2.24, 2.45) is 5.84 Å². The molecule has 0 spiro atoms. The third-order valence-electron chi connectivity index (χ3n) is 1.99. The number of rotatable bonds is 0. The van der Waals surface area contributed by atoms with E-state index in [0.717, 1.165) is 17.6 Å². The van der Waals surface area contributed by atoms with Gasteiger partial charge in [0.1, 0.15) is 0 Å². The average molecular weight is 130 g/mol. The van der Waals surface area contributed by atoms with Crippen molar-refractivity contribution in [1.82, 2.24) is 5.01 Å². The van der Waals surface area contributed by atoms with E-state index < -0.39 is 0 Å². The van der Waals surface area contributed by atoms with Crippen LogP contribution in [0.3, 0.4) is 0 Å². The maximum atomic E-state index is 5.58. The Morgan fingerprint density at radius 1 is 1.22 bits per heavy atom. The summed E-state index contributed by atoms with van der Waals surface area (Å²) >= 11 is 0. The van der Waals surface area contributed by atoms with Gasteiger partial charge in [0.05, 0.1) is 40.3 Å². The van der Waals surface area contributed by atoms with Gasteiger partial charge in [-0.05, 0) is 0 Å². The van der Waals surface area contributed by atoms with E-state index in [0.29, 0.717) is 0 Å². The normalized spacial score (nSPS) is 28.3. The lowest BCUT2D eigenvalue weighted by Gasteiger charge is -2.37. The van der Waals surface area contributed by atoms with Crippen molar-refractivity contribution in [1.29, 1.82) is 0 Å². The molecule has 0 radical (unpaired) electrons. The summed E-state index contributed by atoms with van der Waals surface area (Å²) in [5.74, 6) is 5.58. The average Bonchev–Trinajstić information content (AvgIpc) is 1.78. The molecular weight excluding hydrogens is 114 g/mol. The minimum Gasteiger partial charge on any atom is -0.326 e. The Kier molecular flexibility index (Phi) is 1.75. The Labute approximate surface area is 56.6 Å². The zero-order valence-corrected chi connectivity index (χ0v) is 6.30. The van der Waals surface area contributed by atoms with E-state index in [-0.39, 0.29) is 0 Å². The molecule has 0 aliphatic carbocycles. The molecule has 54 valence electrons. The van der Waals surface area contributed by atoms with Gasteiger partial charge in [0.2, 0.25) is 0 Å². The van der Waals surface area contributed by atoms with Gasteiger partial charge < -0.3 is 4.48 Å². The Morgan fingerprint density at radius 3 is 2.00 bits per heavy atom. The van der Waals surface area contributed by atoms with E-state index in [4.69, 9.17) is 5.84 Å². The molecule has 0 aromatic rings. The summed E-state index contributed by atoms with van der Waals surface area (Å²) in [5, 5.41) is 1.89. The Balaban J connectivity index is 2.35. The van der Waals surface area contributed by atoms with Crippen molar-refractivity contribution in [3.8, 4) is 0 Å². The van der Waals surface area contributed by atoms with Crippen LogP contribution in [0.2, 0.25) is 0 Å². The van der Waals surface area contributed by atoms with Gasteiger partial charge in [0.25, 0.3) is 0 Å². The summed E-state index contributed by atoms with van der Waals surface area (Å²) in [4.78, 5) is 0. The molecule has 0 atom stereocenters. The van der Waals surface area contributed by atoms with Crippen molar-refractivity contribution in [2.75, 3.05) is 40.3 Å². The molecule has 3 nitrogen and oxygen atoms in total. The zero-order chi connectivity index (χ0) is 6.91. The smallest absolute Gasteiger partial charge is 0.0926 e. The second-order valence-electron chi connectivity index (χ2n) is 3.42. The molecule has 1 heterocycles. The lowest BCUT2D eigenvalue weighted by molar-refractivity contribution is -0.894. The number of nitrogens with two attached hydrogens (primary N) is 1. The van der Waals surface area contributed by atoms with Gasteiger partial charge in [-0.25, -0.2) is 5.01 Å². The van der Waals surface area contributed by atoms with Crippen LogP contribution in [0.5, 0.6) is 0 Å². The van der Waals surface area contributed by atoms with Gasteiger partial charge >= 0.3 is 0 Å². The molecule has 2 N–H and O–H groups in total. The first-order chi connectivity index (χ1) is 4.10. The highest BCUT2D eigenvalue weighted by Crippen LogP contribution is 2.01. The van der Waals surface area contributed by atoms with E-state index in [9.17, 15) is 0 Å². The number of piperazine rings is 1. The summed E-state index contributed by atoms with van der Waals surface area (Å²) in [5.41, 5.74) is 0. The van der Waals surface area contributed by atoms with Crippen LogP contribution in [0, 0.1) is 0 Å². The highest BCUT2D eigenvalue weighted by molar-refractivity contribution is 4.53. The Morgan fingerprint density at radius 2 is 1.67 bits per heavy atom. The van der Waals surface area contributed by atoms with Gasteiger partial charge in [0.15, 0.2) is 0 Å². The topological polar surface area (TPSA) is 29.3 Å². The van der Waals surface area contributed by atoms with Crippen molar-refractivity contribution in [3.63, 3.8) is 0 Å². The van der Waals surface area contributed by atoms with Crippen LogP contribution in [-0.4, -0.2) is 49.8 Å². The van der Waals surface area contributed by atoms with Gasteiger partial charge in [-0.15, -0.1) is 0 Å². The van der Waals surface area contributed by atoms with Crippen molar-refractivity contribution >= 4 is 0 Å². The van der Waals surface area contributed by atoms with E-state index in [1.54, 1.807) is 0 Å². The fourth-order valence-corrected chi connectivity index (χ4v) is 1.02. The van der Waals surface area contributed by atoms with Crippen LogP contribution < -0.4 is 5.84 Å². The summed E-state index contributed by atoms with van der Waals surface area (Å²) in [6, 6.07) is 0. The fourth-order valence-electron chi connectivity index (χ4n) is 1.02. The number of hydrogen-bond acceptors (Lipinski definition) is 2. The van der Waals surface area contributed by atoms with Crippen molar-refractivity contribution < 1.29 is 4.48 Å². The standard InChI is InChI=1S/C6H16N3/c1-9(2)5-3-8(7)4-6-9/h3-7H2,1-2H3/q+1. The predicted octanol–water partition coefficient (Wildman–Crippen LogP) is -0.748. The molecule has 1 aliphatic rings. The van der Waals surface area contributed by atoms with E-state index in [2.05, 4.69) is 14.1 Å².